The van der Waals surface area contributed by atoms with Crippen LogP contribution in [-0.4, -0.2) is 109 Å². The van der Waals surface area contributed by atoms with Gasteiger partial charge in [-0.1, -0.05) is 19.1 Å². The van der Waals surface area contributed by atoms with Crippen LogP contribution in [0.2, 0.25) is 0 Å². The summed E-state index contributed by atoms with van der Waals surface area (Å²) in [6.07, 6.45) is 0.133. The number of para-hydroxylation sites is 1. The molecule has 7 bridgehead atoms. The number of nitrogens with two attached hydrogens (primary N) is 1. The molecule has 1 spiro atoms. The summed E-state index contributed by atoms with van der Waals surface area (Å²) in [5, 5.41) is 37.7. The van der Waals surface area contributed by atoms with Crippen molar-refractivity contribution < 1.29 is 39.1 Å². The van der Waals surface area contributed by atoms with Crippen LogP contribution in [0.25, 0.3) is 0 Å². The minimum absolute atomic E-state index is 0.130. The number of piperidine rings is 1. The standard InChI is InChI=1S/C31H44N2O8/c1-5-33-14-28(15-41-26(35)16-8-6-7-9-19(16)32)11-10-21(39-3)30-18-12-17-20(38-2)13-29(36,22(18)23(17)34)31(37,27(30)33)25(40-4)24(28)30/h6-9,17-18,20-25,27,34,36-37H,5,10-15,32H2,1-4H3/t17-,18+,20-,21-,22-,23+,24+,25-,27+,28-,29-,30-,31+/m0/s1. The molecule has 7 rings (SSSR count). The first-order valence-electron chi connectivity index (χ1n) is 15.1. The van der Waals surface area contributed by atoms with Gasteiger partial charge in [0.2, 0.25) is 0 Å². The van der Waals surface area contributed by atoms with Gasteiger partial charge in [0.15, 0.2) is 0 Å². The zero-order chi connectivity index (χ0) is 29.1. The summed E-state index contributed by atoms with van der Waals surface area (Å²) >= 11 is 0. The zero-order valence-corrected chi connectivity index (χ0v) is 24.4. The van der Waals surface area contributed by atoms with Gasteiger partial charge >= 0.3 is 5.97 Å². The lowest BCUT2D eigenvalue weighted by atomic mass is 9.42. The van der Waals surface area contributed by atoms with E-state index in [9.17, 15) is 20.1 Å². The molecule has 1 aromatic rings. The van der Waals surface area contributed by atoms with Crippen molar-refractivity contribution in [3.63, 3.8) is 0 Å². The van der Waals surface area contributed by atoms with Crippen molar-refractivity contribution in [3.8, 4) is 0 Å². The Labute approximate surface area is 241 Å². The highest BCUT2D eigenvalue weighted by Gasteiger charge is 2.91. The van der Waals surface area contributed by atoms with Crippen LogP contribution in [0.3, 0.4) is 0 Å². The fraction of sp³-hybridized carbons (Fsp3) is 0.774. The molecule has 0 radical (unpaired) electrons. The third-order valence-electron chi connectivity index (χ3n) is 12.7. The average Bonchev–Trinajstić information content (AvgIpc) is 3.33. The van der Waals surface area contributed by atoms with E-state index in [1.165, 1.54) is 0 Å². The van der Waals surface area contributed by atoms with Crippen molar-refractivity contribution >= 4 is 11.7 Å². The number of nitrogens with zero attached hydrogens (tertiary/aromatic N) is 1. The molecule has 1 aliphatic heterocycles. The Morgan fingerprint density at radius 2 is 1.90 bits per heavy atom. The number of ether oxygens (including phenoxy) is 4. The second-order valence-corrected chi connectivity index (χ2v) is 13.6. The van der Waals surface area contributed by atoms with Crippen LogP contribution in [0.5, 0.6) is 0 Å². The lowest BCUT2D eigenvalue weighted by Gasteiger charge is -2.70. The van der Waals surface area contributed by atoms with Crippen molar-refractivity contribution in [3.05, 3.63) is 29.8 Å². The van der Waals surface area contributed by atoms with Gasteiger partial charge in [-0.25, -0.2) is 4.79 Å². The van der Waals surface area contributed by atoms with Gasteiger partial charge in [-0.2, -0.15) is 0 Å². The van der Waals surface area contributed by atoms with E-state index < -0.39 is 52.2 Å². The van der Waals surface area contributed by atoms with E-state index in [4.69, 9.17) is 24.7 Å². The first-order valence-corrected chi connectivity index (χ1v) is 15.1. The predicted molar refractivity (Wildman–Crippen MR) is 148 cm³/mol. The number of likely N-dealkylation sites (tertiary alicyclic amines) is 1. The minimum atomic E-state index is -1.70. The third-order valence-corrected chi connectivity index (χ3v) is 12.7. The number of benzene rings is 1. The summed E-state index contributed by atoms with van der Waals surface area (Å²) in [5.41, 5.74) is 2.26. The number of rotatable bonds is 7. The summed E-state index contributed by atoms with van der Waals surface area (Å²) < 4.78 is 24.6. The molecule has 226 valence electrons. The van der Waals surface area contributed by atoms with E-state index in [0.717, 1.165) is 0 Å². The Morgan fingerprint density at radius 1 is 1.15 bits per heavy atom. The molecule has 0 aromatic heterocycles. The number of fused-ring (bicyclic) bond motifs is 2. The second-order valence-electron chi connectivity index (χ2n) is 13.6. The molecule has 1 heterocycles. The number of hydrogen-bond acceptors (Lipinski definition) is 10. The highest BCUT2D eigenvalue weighted by molar-refractivity contribution is 5.95. The van der Waals surface area contributed by atoms with Crippen molar-refractivity contribution in [1.82, 2.24) is 4.90 Å². The molecular weight excluding hydrogens is 528 g/mol. The van der Waals surface area contributed by atoms with Gasteiger partial charge in [0, 0.05) is 68.6 Å². The fourth-order valence-electron chi connectivity index (χ4n) is 11.7. The Bertz CT molecular complexity index is 1230. The highest BCUT2D eigenvalue weighted by atomic mass is 16.5. The van der Waals surface area contributed by atoms with E-state index in [0.29, 0.717) is 43.6 Å². The largest absolute Gasteiger partial charge is 0.461 e. The first kappa shape index (κ1) is 28.0. The molecule has 0 unspecified atom stereocenters. The molecule has 5 aliphatic carbocycles. The number of esters is 1. The number of anilines is 1. The van der Waals surface area contributed by atoms with Crippen molar-refractivity contribution in [1.29, 1.82) is 0 Å². The zero-order valence-electron chi connectivity index (χ0n) is 24.4. The molecular formula is C31H44N2O8. The summed E-state index contributed by atoms with van der Waals surface area (Å²) in [6.45, 7) is 3.41. The number of hydrogen-bond donors (Lipinski definition) is 4. The Hall–Kier alpha value is -1.79. The van der Waals surface area contributed by atoms with Crippen LogP contribution in [0, 0.1) is 34.5 Å². The molecule has 10 nitrogen and oxygen atoms in total. The van der Waals surface area contributed by atoms with Gasteiger partial charge in [0.05, 0.1) is 42.6 Å². The van der Waals surface area contributed by atoms with Crippen LogP contribution in [0.15, 0.2) is 24.3 Å². The predicted octanol–water partition coefficient (Wildman–Crippen LogP) is 1.06. The molecule has 10 heteroatoms. The summed E-state index contributed by atoms with van der Waals surface area (Å²) in [6, 6.07) is 6.44. The molecule has 41 heavy (non-hydrogen) atoms. The van der Waals surface area contributed by atoms with Gasteiger partial charge in [0.25, 0.3) is 0 Å². The molecule has 0 amide bonds. The lowest BCUT2D eigenvalue weighted by molar-refractivity contribution is -0.318. The fourth-order valence-corrected chi connectivity index (χ4v) is 11.7. The summed E-state index contributed by atoms with van der Waals surface area (Å²) in [5.74, 6) is -1.57. The van der Waals surface area contributed by atoms with Gasteiger partial charge in [-0.3, -0.25) is 4.90 Å². The maximum atomic E-state index is 13.3. The number of carbonyl (C=O) groups excluding carboxylic acids is 1. The number of aliphatic hydroxyl groups excluding tert-OH is 1. The van der Waals surface area contributed by atoms with Crippen LogP contribution < -0.4 is 5.73 Å². The maximum absolute atomic E-state index is 13.3. The number of aliphatic hydroxyl groups is 3. The van der Waals surface area contributed by atoms with Crippen LogP contribution >= 0.6 is 0 Å². The third kappa shape index (κ3) is 3.05. The number of likely N-dealkylation sites (N-methyl/N-ethyl adjacent to an activating group) is 1. The molecule has 1 saturated heterocycles. The van der Waals surface area contributed by atoms with E-state index in [1.54, 1.807) is 45.6 Å². The quantitative estimate of drug-likeness (QED) is 0.277. The smallest absolute Gasteiger partial charge is 0.340 e. The monoisotopic (exact) mass is 572 g/mol. The van der Waals surface area contributed by atoms with Crippen molar-refractivity contribution in [2.24, 2.45) is 34.5 Å². The number of methoxy groups -OCH3 is 3. The average molecular weight is 573 g/mol. The molecule has 13 atom stereocenters. The van der Waals surface area contributed by atoms with Crippen LogP contribution in [0.4, 0.5) is 5.69 Å². The van der Waals surface area contributed by atoms with E-state index in [2.05, 4.69) is 11.8 Å². The molecule has 6 fully saturated rings. The second kappa shape index (κ2) is 9.11. The van der Waals surface area contributed by atoms with E-state index in [1.807, 2.05) is 0 Å². The normalized spacial score (nSPS) is 51.0. The maximum Gasteiger partial charge on any atom is 0.340 e. The molecule has 5 N–H and O–H groups in total. The number of nitrogen functional groups attached to an aromatic ring is 1. The van der Waals surface area contributed by atoms with Gasteiger partial charge in [0.1, 0.15) is 11.2 Å². The highest BCUT2D eigenvalue weighted by Crippen LogP contribution is 2.80. The van der Waals surface area contributed by atoms with E-state index >= 15 is 0 Å². The van der Waals surface area contributed by atoms with Gasteiger partial charge in [-0.15, -0.1) is 0 Å². The lowest BCUT2D eigenvalue weighted by Crippen LogP contribution is -2.82. The van der Waals surface area contributed by atoms with Crippen molar-refractivity contribution in [2.75, 3.05) is 46.8 Å². The number of carbonyl (C=O) groups is 1. The van der Waals surface area contributed by atoms with Crippen LogP contribution in [-0.2, 0) is 18.9 Å². The Morgan fingerprint density at radius 3 is 2.56 bits per heavy atom. The van der Waals surface area contributed by atoms with Crippen LogP contribution in [0.1, 0.15) is 43.0 Å². The SMILES string of the molecule is CCN1C[C@]2(COC(=O)c3ccccc3N)CC[C@H](OC)[C@]34[C@@H]5C[C@@H]6[C@@H](O)[C@H]5[C@@](O)(C[C@@H]6OC)[C@](O)([C@H]13)[C@@H](OC)[C@H]24. The van der Waals surface area contributed by atoms with Crippen molar-refractivity contribution in [2.45, 2.75) is 74.3 Å². The van der Waals surface area contributed by atoms with Gasteiger partial charge in [-0.05, 0) is 43.9 Å². The first-order chi connectivity index (χ1) is 19.6. The molecule has 5 saturated carbocycles. The summed E-state index contributed by atoms with van der Waals surface area (Å²) in [7, 11) is 4.94. The van der Waals surface area contributed by atoms with Gasteiger partial charge < -0.3 is 40.0 Å². The Balaban J connectivity index is 1.40. The summed E-state index contributed by atoms with van der Waals surface area (Å²) in [4.78, 5) is 15.6. The van der Waals surface area contributed by atoms with E-state index in [-0.39, 0.29) is 43.0 Å². The minimum Gasteiger partial charge on any atom is -0.461 e. The molecule has 1 aromatic carbocycles. The molecule has 6 aliphatic rings. The topological polar surface area (TPSA) is 144 Å². The Kier molecular flexibility index (Phi) is 6.22.